The Labute approximate surface area is 103 Å². The smallest absolute Gasteiger partial charge is 0.236 e. The first kappa shape index (κ1) is 15.7. The van der Waals surface area contributed by atoms with Gasteiger partial charge in [0.25, 0.3) is 0 Å². The molecule has 0 heterocycles. The molecule has 0 saturated carbocycles. The fourth-order valence-electron chi connectivity index (χ4n) is 1.27. The number of amides is 1. The highest BCUT2D eigenvalue weighted by Crippen LogP contribution is 1.98. The van der Waals surface area contributed by atoms with Crippen LogP contribution in [0, 0.1) is 0 Å². The Morgan fingerprint density at radius 2 is 2.12 bits per heavy atom. The molecule has 0 bridgehead atoms. The topological polar surface area (TPSA) is 58.4 Å². The molecule has 0 aromatic rings. The van der Waals surface area contributed by atoms with Crippen LogP contribution in [0.1, 0.15) is 19.3 Å². The normalized spacial score (nSPS) is 12.8. The lowest BCUT2D eigenvalue weighted by Gasteiger charge is -2.12. The molecule has 0 aliphatic carbocycles. The molecule has 96 valence electrons. The standard InChI is InChI=1S/C11H25N3OS/c1-14(2)8-5-4-7-13-11(15)10(12)6-9-16-3/h10H,4-9,12H2,1-3H3,(H,13,15)/t10-/m0/s1. The molecule has 4 nitrogen and oxygen atoms in total. The van der Waals surface area contributed by atoms with Gasteiger partial charge in [-0.1, -0.05) is 0 Å². The molecule has 0 spiro atoms. The second-order valence-electron chi connectivity index (χ2n) is 4.19. The predicted octanol–water partition coefficient (Wildman–Crippen LogP) is 0.525. The molecule has 0 saturated heterocycles. The van der Waals surface area contributed by atoms with Gasteiger partial charge >= 0.3 is 0 Å². The quantitative estimate of drug-likeness (QED) is 0.583. The monoisotopic (exact) mass is 247 g/mol. The molecular formula is C11H25N3OS. The molecule has 0 aromatic carbocycles. The zero-order valence-corrected chi connectivity index (χ0v) is 11.5. The molecule has 0 fully saturated rings. The van der Waals surface area contributed by atoms with E-state index in [1.165, 1.54) is 0 Å². The number of unbranched alkanes of at least 4 members (excludes halogenated alkanes) is 1. The van der Waals surface area contributed by atoms with Gasteiger partial charge in [0.1, 0.15) is 0 Å². The SMILES string of the molecule is CSCC[C@H](N)C(=O)NCCCCN(C)C. The van der Waals surface area contributed by atoms with E-state index in [9.17, 15) is 4.79 Å². The van der Waals surface area contributed by atoms with Gasteiger partial charge in [0, 0.05) is 6.54 Å². The number of hydrogen-bond donors (Lipinski definition) is 2. The minimum Gasteiger partial charge on any atom is -0.355 e. The second-order valence-corrected chi connectivity index (χ2v) is 5.17. The summed E-state index contributed by atoms with van der Waals surface area (Å²) < 4.78 is 0. The van der Waals surface area contributed by atoms with Crippen molar-refractivity contribution in [2.75, 3.05) is 39.2 Å². The van der Waals surface area contributed by atoms with Gasteiger partial charge < -0.3 is 16.0 Å². The highest BCUT2D eigenvalue weighted by atomic mass is 32.2. The number of nitrogens with one attached hydrogen (secondary N) is 1. The molecule has 0 aliphatic heterocycles. The van der Waals surface area contributed by atoms with Crippen molar-refractivity contribution in [1.82, 2.24) is 10.2 Å². The van der Waals surface area contributed by atoms with Crippen LogP contribution in [-0.4, -0.2) is 56.0 Å². The summed E-state index contributed by atoms with van der Waals surface area (Å²) in [6.07, 6.45) is 4.89. The number of thioether (sulfide) groups is 1. The van der Waals surface area contributed by atoms with E-state index in [2.05, 4.69) is 24.3 Å². The highest BCUT2D eigenvalue weighted by molar-refractivity contribution is 7.98. The molecule has 0 aliphatic rings. The summed E-state index contributed by atoms with van der Waals surface area (Å²) in [5, 5.41) is 2.87. The van der Waals surface area contributed by atoms with Crippen LogP contribution in [0.25, 0.3) is 0 Å². The number of carbonyl (C=O) groups excluding carboxylic acids is 1. The Balaban J connectivity index is 3.42. The summed E-state index contributed by atoms with van der Waals surface area (Å²) in [6.45, 7) is 1.80. The van der Waals surface area contributed by atoms with Gasteiger partial charge in [-0.05, 0) is 51.9 Å². The van der Waals surface area contributed by atoms with Gasteiger partial charge in [-0.15, -0.1) is 0 Å². The molecule has 0 rings (SSSR count). The van der Waals surface area contributed by atoms with Crippen LogP contribution < -0.4 is 11.1 Å². The highest BCUT2D eigenvalue weighted by Gasteiger charge is 2.11. The van der Waals surface area contributed by atoms with Crippen molar-refractivity contribution < 1.29 is 4.79 Å². The zero-order chi connectivity index (χ0) is 12.4. The van der Waals surface area contributed by atoms with Gasteiger partial charge in [0.2, 0.25) is 5.91 Å². The maximum atomic E-state index is 11.5. The van der Waals surface area contributed by atoms with Crippen LogP contribution in [0.5, 0.6) is 0 Å². The molecule has 0 radical (unpaired) electrons. The lowest BCUT2D eigenvalue weighted by Crippen LogP contribution is -2.41. The zero-order valence-electron chi connectivity index (χ0n) is 10.7. The predicted molar refractivity (Wildman–Crippen MR) is 71.8 cm³/mol. The van der Waals surface area contributed by atoms with Crippen molar-refractivity contribution in [1.29, 1.82) is 0 Å². The van der Waals surface area contributed by atoms with E-state index in [4.69, 9.17) is 5.73 Å². The molecule has 3 N–H and O–H groups in total. The van der Waals surface area contributed by atoms with Gasteiger partial charge in [0.05, 0.1) is 6.04 Å². The summed E-state index contributed by atoms with van der Waals surface area (Å²) in [4.78, 5) is 13.6. The van der Waals surface area contributed by atoms with Crippen molar-refractivity contribution in [3.05, 3.63) is 0 Å². The van der Waals surface area contributed by atoms with Crippen LogP contribution in [-0.2, 0) is 4.79 Å². The first-order valence-electron chi connectivity index (χ1n) is 5.75. The molecular weight excluding hydrogens is 222 g/mol. The van der Waals surface area contributed by atoms with Gasteiger partial charge in [-0.25, -0.2) is 0 Å². The van der Waals surface area contributed by atoms with Crippen LogP contribution in [0.2, 0.25) is 0 Å². The molecule has 0 unspecified atom stereocenters. The van der Waals surface area contributed by atoms with Crippen LogP contribution in [0.3, 0.4) is 0 Å². The molecule has 1 atom stereocenters. The van der Waals surface area contributed by atoms with Crippen LogP contribution in [0.15, 0.2) is 0 Å². The maximum absolute atomic E-state index is 11.5. The first-order chi connectivity index (χ1) is 7.57. The van der Waals surface area contributed by atoms with Gasteiger partial charge in [-0.3, -0.25) is 4.79 Å². The lowest BCUT2D eigenvalue weighted by molar-refractivity contribution is -0.122. The van der Waals surface area contributed by atoms with E-state index in [1.54, 1.807) is 11.8 Å². The lowest BCUT2D eigenvalue weighted by atomic mass is 10.2. The minimum absolute atomic E-state index is 0.0149. The fourth-order valence-corrected chi connectivity index (χ4v) is 1.76. The van der Waals surface area contributed by atoms with E-state index in [0.29, 0.717) is 0 Å². The third-order valence-corrected chi connectivity index (χ3v) is 2.95. The Morgan fingerprint density at radius 1 is 1.44 bits per heavy atom. The van der Waals surface area contributed by atoms with Crippen molar-refractivity contribution >= 4 is 17.7 Å². The van der Waals surface area contributed by atoms with E-state index >= 15 is 0 Å². The average Bonchev–Trinajstić information content (AvgIpc) is 2.24. The summed E-state index contributed by atoms with van der Waals surface area (Å²) in [6, 6.07) is -0.346. The molecule has 1 amide bonds. The van der Waals surface area contributed by atoms with Gasteiger partial charge in [-0.2, -0.15) is 11.8 Å². The molecule has 16 heavy (non-hydrogen) atoms. The minimum atomic E-state index is -0.346. The average molecular weight is 247 g/mol. The van der Waals surface area contributed by atoms with E-state index in [1.807, 2.05) is 6.26 Å². The van der Waals surface area contributed by atoms with Crippen molar-refractivity contribution in [2.45, 2.75) is 25.3 Å². The number of carbonyl (C=O) groups is 1. The third-order valence-electron chi connectivity index (χ3n) is 2.30. The van der Waals surface area contributed by atoms with Crippen LogP contribution in [0.4, 0.5) is 0 Å². The maximum Gasteiger partial charge on any atom is 0.236 e. The van der Waals surface area contributed by atoms with Crippen molar-refractivity contribution in [2.24, 2.45) is 5.73 Å². The Bertz CT molecular complexity index is 188. The Kier molecular flexibility index (Phi) is 9.77. The van der Waals surface area contributed by atoms with E-state index < -0.39 is 0 Å². The third kappa shape index (κ3) is 9.00. The number of nitrogens with zero attached hydrogens (tertiary/aromatic N) is 1. The fraction of sp³-hybridized carbons (Fsp3) is 0.909. The first-order valence-corrected chi connectivity index (χ1v) is 7.14. The summed E-state index contributed by atoms with van der Waals surface area (Å²) >= 11 is 1.72. The summed E-state index contributed by atoms with van der Waals surface area (Å²) in [5.74, 6) is 0.925. The molecule has 5 heteroatoms. The number of rotatable bonds is 9. The summed E-state index contributed by atoms with van der Waals surface area (Å²) in [7, 11) is 4.10. The van der Waals surface area contributed by atoms with Gasteiger partial charge in [0.15, 0.2) is 0 Å². The number of hydrogen-bond acceptors (Lipinski definition) is 4. The summed E-state index contributed by atoms with van der Waals surface area (Å²) in [5.41, 5.74) is 5.73. The number of nitrogens with two attached hydrogens (primary N) is 1. The Morgan fingerprint density at radius 3 is 2.69 bits per heavy atom. The molecule has 0 aromatic heterocycles. The van der Waals surface area contributed by atoms with E-state index in [0.717, 1.165) is 38.1 Å². The Hall–Kier alpha value is -0.260. The largest absolute Gasteiger partial charge is 0.355 e. The van der Waals surface area contributed by atoms with Crippen molar-refractivity contribution in [3.63, 3.8) is 0 Å². The van der Waals surface area contributed by atoms with Crippen molar-refractivity contribution in [3.8, 4) is 0 Å². The second kappa shape index (κ2) is 9.93. The van der Waals surface area contributed by atoms with Crippen LogP contribution >= 0.6 is 11.8 Å². The van der Waals surface area contributed by atoms with E-state index in [-0.39, 0.29) is 11.9 Å².